The molecule has 0 bridgehead atoms. The first-order chi connectivity index (χ1) is 10.9. The van der Waals surface area contributed by atoms with Gasteiger partial charge in [0.2, 0.25) is 0 Å². The highest BCUT2D eigenvalue weighted by atomic mass is 19.4. The van der Waals surface area contributed by atoms with Crippen LogP contribution in [0.2, 0.25) is 0 Å². The molecular weight excluding hydrogens is 303 g/mol. The maximum absolute atomic E-state index is 12.4. The molecule has 0 aliphatic rings. The fourth-order valence-electron chi connectivity index (χ4n) is 1.97. The molecule has 0 saturated carbocycles. The monoisotopic (exact) mass is 319 g/mol. The molecule has 23 heavy (non-hydrogen) atoms. The van der Waals surface area contributed by atoms with E-state index in [0.717, 1.165) is 24.1 Å². The Morgan fingerprint density at radius 1 is 1.04 bits per heavy atom. The lowest BCUT2D eigenvalue weighted by Crippen LogP contribution is -2.04. The molecule has 0 spiro atoms. The van der Waals surface area contributed by atoms with Crippen molar-refractivity contribution in [3.8, 4) is 0 Å². The Kier molecular flexibility index (Phi) is 5.21. The zero-order valence-electron chi connectivity index (χ0n) is 12.5. The van der Waals surface area contributed by atoms with Crippen LogP contribution in [0.3, 0.4) is 0 Å². The second-order valence-electron chi connectivity index (χ2n) is 4.97. The van der Waals surface area contributed by atoms with Gasteiger partial charge in [-0.05, 0) is 36.2 Å². The first-order valence-corrected chi connectivity index (χ1v) is 7.14. The average molecular weight is 319 g/mol. The summed E-state index contributed by atoms with van der Waals surface area (Å²) in [6.07, 6.45) is -0.688. The highest BCUT2D eigenvalue weighted by Gasteiger charge is 2.29. The number of halogens is 3. The Bertz CT molecular complexity index is 686. The molecule has 0 fully saturated rings. The molecule has 2 rings (SSSR count). The minimum Gasteiger partial charge on any atom is -0.362 e. The summed E-state index contributed by atoms with van der Waals surface area (Å²) in [6.45, 7) is 2.03. The number of hydrogen-bond acceptors (Lipinski definition) is 2. The van der Waals surface area contributed by atoms with Crippen LogP contribution in [-0.4, -0.2) is 5.78 Å². The minimum atomic E-state index is -4.35. The van der Waals surface area contributed by atoms with E-state index in [-0.39, 0.29) is 5.78 Å². The van der Waals surface area contributed by atoms with Crippen LogP contribution < -0.4 is 5.32 Å². The number of nitrogens with one attached hydrogen (secondary N) is 1. The summed E-state index contributed by atoms with van der Waals surface area (Å²) in [6, 6.07) is 11.9. The number of benzene rings is 2. The molecule has 0 heterocycles. The molecule has 0 unspecified atom stereocenters. The van der Waals surface area contributed by atoms with Crippen LogP contribution in [0.15, 0.2) is 60.8 Å². The third kappa shape index (κ3) is 4.71. The van der Waals surface area contributed by atoms with Crippen molar-refractivity contribution in [2.45, 2.75) is 19.5 Å². The lowest BCUT2D eigenvalue weighted by Gasteiger charge is -2.07. The van der Waals surface area contributed by atoms with Gasteiger partial charge in [0.1, 0.15) is 0 Å². The number of anilines is 1. The van der Waals surface area contributed by atoms with Gasteiger partial charge >= 0.3 is 6.18 Å². The van der Waals surface area contributed by atoms with Crippen molar-refractivity contribution in [1.82, 2.24) is 0 Å². The zero-order valence-corrected chi connectivity index (χ0v) is 12.5. The van der Waals surface area contributed by atoms with Crippen LogP contribution in [0.4, 0.5) is 18.9 Å². The number of carbonyl (C=O) groups excluding carboxylic acids is 1. The number of carbonyl (C=O) groups is 1. The van der Waals surface area contributed by atoms with Crippen molar-refractivity contribution < 1.29 is 18.0 Å². The second-order valence-corrected chi connectivity index (χ2v) is 4.97. The molecule has 2 aromatic carbocycles. The summed E-state index contributed by atoms with van der Waals surface area (Å²) in [5.74, 6) is -0.174. The van der Waals surface area contributed by atoms with Crippen molar-refractivity contribution in [1.29, 1.82) is 0 Å². The number of hydrogen-bond donors (Lipinski definition) is 1. The van der Waals surface area contributed by atoms with Gasteiger partial charge in [0.05, 0.1) is 5.56 Å². The maximum Gasteiger partial charge on any atom is 0.416 e. The van der Waals surface area contributed by atoms with Crippen LogP contribution in [0.5, 0.6) is 0 Å². The third-order valence-corrected chi connectivity index (χ3v) is 3.34. The number of ketones is 1. The summed E-state index contributed by atoms with van der Waals surface area (Å²) in [7, 11) is 0. The molecule has 5 heteroatoms. The Morgan fingerprint density at radius 3 is 2.17 bits per heavy atom. The quantitative estimate of drug-likeness (QED) is 0.615. The van der Waals surface area contributed by atoms with Gasteiger partial charge in [0, 0.05) is 23.5 Å². The van der Waals surface area contributed by atoms with Crippen LogP contribution in [-0.2, 0) is 12.6 Å². The van der Waals surface area contributed by atoms with Gasteiger partial charge in [0.25, 0.3) is 0 Å². The predicted molar refractivity (Wildman–Crippen MR) is 84.4 cm³/mol. The van der Waals surface area contributed by atoms with E-state index in [0.29, 0.717) is 11.3 Å². The van der Waals surface area contributed by atoms with Crippen LogP contribution in [0, 0.1) is 0 Å². The van der Waals surface area contributed by atoms with Gasteiger partial charge in [-0.3, -0.25) is 4.79 Å². The van der Waals surface area contributed by atoms with Crippen molar-refractivity contribution in [2.24, 2.45) is 0 Å². The average Bonchev–Trinajstić information content (AvgIpc) is 2.54. The Hall–Kier alpha value is -2.56. The number of alkyl halides is 3. The molecule has 0 amide bonds. The molecule has 0 aromatic heterocycles. The summed E-state index contributed by atoms with van der Waals surface area (Å²) in [5, 5.41) is 2.78. The van der Waals surface area contributed by atoms with Gasteiger partial charge < -0.3 is 5.32 Å². The molecule has 0 aliphatic carbocycles. The third-order valence-electron chi connectivity index (χ3n) is 3.34. The Morgan fingerprint density at radius 2 is 1.65 bits per heavy atom. The largest absolute Gasteiger partial charge is 0.416 e. The zero-order chi connectivity index (χ0) is 16.9. The Labute approximate surface area is 132 Å². The lowest BCUT2D eigenvalue weighted by molar-refractivity contribution is -0.137. The summed E-state index contributed by atoms with van der Waals surface area (Å²) in [4.78, 5) is 11.9. The summed E-state index contributed by atoms with van der Waals surface area (Å²) >= 11 is 0. The van der Waals surface area contributed by atoms with Crippen LogP contribution in [0.25, 0.3) is 0 Å². The van der Waals surface area contributed by atoms with Crippen molar-refractivity contribution in [3.05, 3.63) is 77.5 Å². The van der Waals surface area contributed by atoms with Gasteiger partial charge in [-0.25, -0.2) is 0 Å². The smallest absolute Gasteiger partial charge is 0.362 e. The number of rotatable bonds is 5. The topological polar surface area (TPSA) is 29.1 Å². The van der Waals surface area contributed by atoms with E-state index < -0.39 is 11.7 Å². The molecule has 2 aromatic rings. The second kappa shape index (κ2) is 7.13. The molecule has 0 atom stereocenters. The van der Waals surface area contributed by atoms with E-state index in [1.165, 1.54) is 24.4 Å². The Balaban J connectivity index is 1.96. The number of aryl methyl sites for hydroxylation is 1. The summed E-state index contributed by atoms with van der Waals surface area (Å²) in [5.41, 5.74) is 1.48. The first-order valence-electron chi connectivity index (χ1n) is 7.14. The van der Waals surface area contributed by atoms with Gasteiger partial charge in [-0.15, -0.1) is 0 Å². The van der Waals surface area contributed by atoms with E-state index >= 15 is 0 Å². The molecule has 0 saturated heterocycles. The normalized spacial score (nSPS) is 11.7. The molecule has 1 N–H and O–H groups in total. The van der Waals surface area contributed by atoms with E-state index in [1.807, 2.05) is 19.1 Å². The van der Waals surface area contributed by atoms with Crippen molar-refractivity contribution in [3.63, 3.8) is 0 Å². The lowest BCUT2D eigenvalue weighted by atomic mass is 10.1. The molecule has 0 radical (unpaired) electrons. The van der Waals surface area contributed by atoms with E-state index in [1.54, 1.807) is 12.1 Å². The standard InChI is InChI=1S/C18H16F3NO/c1-2-13-3-5-14(6-4-13)17(23)11-12-22-16-9-7-15(8-10-16)18(19,20)21/h3-12,22H,2H2,1H3. The molecular formula is C18H16F3NO. The SMILES string of the molecule is CCc1ccc(C(=O)C=CNc2ccc(C(F)(F)F)cc2)cc1. The molecule has 2 nitrogen and oxygen atoms in total. The maximum atomic E-state index is 12.4. The van der Waals surface area contributed by atoms with Crippen molar-refractivity contribution in [2.75, 3.05) is 5.32 Å². The van der Waals surface area contributed by atoms with E-state index in [9.17, 15) is 18.0 Å². The van der Waals surface area contributed by atoms with E-state index in [4.69, 9.17) is 0 Å². The van der Waals surface area contributed by atoms with Gasteiger partial charge in [-0.2, -0.15) is 13.2 Å². The molecule has 120 valence electrons. The predicted octanol–water partition coefficient (Wildman–Crippen LogP) is 5.08. The van der Waals surface area contributed by atoms with Gasteiger partial charge in [-0.1, -0.05) is 31.2 Å². The van der Waals surface area contributed by atoms with Crippen LogP contribution in [0.1, 0.15) is 28.4 Å². The highest BCUT2D eigenvalue weighted by Crippen LogP contribution is 2.29. The van der Waals surface area contributed by atoms with Crippen LogP contribution >= 0.6 is 0 Å². The fraction of sp³-hybridized carbons (Fsp3) is 0.167. The fourth-order valence-corrected chi connectivity index (χ4v) is 1.97. The summed E-state index contributed by atoms with van der Waals surface area (Å²) < 4.78 is 37.3. The highest BCUT2D eigenvalue weighted by molar-refractivity contribution is 6.04. The van der Waals surface area contributed by atoms with Gasteiger partial charge in [0.15, 0.2) is 5.78 Å². The van der Waals surface area contributed by atoms with Crippen molar-refractivity contribution >= 4 is 11.5 Å². The minimum absolute atomic E-state index is 0.174. The molecule has 0 aliphatic heterocycles. The first kappa shape index (κ1) is 16.8. The van der Waals surface area contributed by atoms with E-state index in [2.05, 4.69) is 5.32 Å². The number of allylic oxidation sites excluding steroid dienone is 1.